The largest absolute Gasteiger partial charge is 0.381 e. The summed E-state index contributed by atoms with van der Waals surface area (Å²) in [6, 6.07) is 7.06. The van der Waals surface area contributed by atoms with Crippen molar-refractivity contribution in [2.24, 2.45) is 7.05 Å². The summed E-state index contributed by atoms with van der Waals surface area (Å²) in [7, 11) is -2.09. The third-order valence-corrected chi connectivity index (χ3v) is 4.84. The number of nitrogen functional groups attached to an aromatic ring is 1. The lowest BCUT2D eigenvalue weighted by atomic mass is 10.1. The van der Waals surface area contributed by atoms with Gasteiger partial charge >= 0.3 is 0 Å². The maximum atomic E-state index is 12.3. The van der Waals surface area contributed by atoms with Crippen LogP contribution in [0.25, 0.3) is 0 Å². The molecule has 0 saturated carbocycles. The fourth-order valence-electron chi connectivity index (χ4n) is 1.83. The molecular formula is C12H15BrN4O2S. The first-order valence-corrected chi connectivity index (χ1v) is 8.14. The van der Waals surface area contributed by atoms with Crippen LogP contribution in [0, 0.1) is 0 Å². The van der Waals surface area contributed by atoms with E-state index in [1.165, 1.54) is 10.9 Å². The molecule has 0 amide bonds. The van der Waals surface area contributed by atoms with Crippen molar-refractivity contribution >= 4 is 31.8 Å². The van der Waals surface area contributed by atoms with Gasteiger partial charge in [0.25, 0.3) is 0 Å². The summed E-state index contributed by atoms with van der Waals surface area (Å²) >= 11 is 3.36. The molecule has 6 nitrogen and oxygen atoms in total. The zero-order chi connectivity index (χ0) is 14.9. The molecule has 2 aromatic rings. The fraction of sp³-hybridized carbons (Fsp3) is 0.250. The molecule has 3 N–H and O–H groups in total. The molecule has 0 spiro atoms. The van der Waals surface area contributed by atoms with E-state index >= 15 is 0 Å². The van der Waals surface area contributed by atoms with Gasteiger partial charge in [0, 0.05) is 23.8 Å². The Kier molecular flexibility index (Phi) is 4.17. The number of hydrogen-bond acceptors (Lipinski definition) is 4. The number of nitrogens with zero attached hydrogens (tertiary/aromatic N) is 2. The SMILES string of the molecule is CC(NS(=O)(=O)c1cn(C)nc1N)c1cccc(Br)c1. The predicted octanol–water partition coefficient (Wildman–Crippen LogP) is 1.80. The highest BCUT2D eigenvalue weighted by atomic mass is 79.9. The third kappa shape index (κ3) is 3.20. The molecule has 2 rings (SSSR count). The lowest BCUT2D eigenvalue weighted by Crippen LogP contribution is -2.27. The van der Waals surface area contributed by atoms with Gasteiger partial charge in [0.1, 0.15) is 4.90 Å². The van der Waals surface area contributed by atoms with Gasteiger partial charge in [-0.1, -0.05) is 28.1 Å². The molecule has 0 aliphatic rings. The van der Waals surface area contributed by atoms with Crippen LogP contribution in [0.1, 0.15) is 18.5 Å². The number of rotatable bonds is 4. The Morgan fingerprint density at radius 2 is 2.15 bits per heavy atom. The molecule has 1 aromatic carbocycles. The van der Waals surface area contributed by atoms with E-state index in [9.17, 15) is 8.42 Å². The topological polar surface area (TPSA) is 90.0 Å². The zero-order valence-electron chi connectivity index (χ0n) is 11.0. The van der Waals surface area contributed by atoms with Crippen LogP contribution >= 0.6 is 15.9 Å². The molecule has 0 saturated heterocycles. The highest BCUT2D eigenvalue weighted by molar-refractivity contribution is 9.10. The number of hydrogen-bond donors (Lipinski definition) is 2. The minimum absolute atomic E-state index is 0.0122. The van der Waals surface area contributed by atoms with Crippen LogP contribution in [0.4, 0.5) is 5.82 Å². The van der Waals surface area contributed by atoms with Gasteiger partial charge < -0.3 is 5.73 Å². The van der Waals surface area contributed by atoms with Gasteiger partial charge in [0.05, 0.1) is 0 Å². The number of aryl methyl sites for hydroxylation is 1. The van der Waals surface area contributed by atoms with E-state index in [0.29, 0.717) is 0 Å². The molecule has 0 bridgehead atoms. The van der Waals surface area contributed by atoms with Crippen molar-refractivity contribution in [2.45, 2.75) is 17.9 Å². The van der Waals surface area contributed by atoms with E-state index in [1.807, 2.05) is 24.3 Å². The Bertz CT molecular complexity index is 727. The molecule has 1 atom stereocenters. The maximum Gasteiger partial charge on any atom is 0.246 e. The van der Waals surface area contributed by atoms with Gasteiger partial charge in [0.15, 0.2) is 5.82 Å². The summed E-state index contributed by atoms with van der Waals surface area (Å²) in [4.78, 5) is -0.0122. The van der Waals surface area contributed by atoms with Crippen LogP contribution in [0.3, 0.4) is 0 Å². The number of sulfonamides is 1. The Balaban J connectivity index is 2.27. The van der Waals surface area contributed by atoms with Gasteiger partial charge in [-0.25, -0.2) is 13.1 Å². The van der Waals surface area contributed by atoms with Crippen molar-refractivity contribution in [1.29, 1.82) is 0 Å². The average molecular weight is 359 g/mol. The van der Waals surface area contributed by atoms with Crippen LogP contribution in [0.15, 0.2) is 39.8 Å². The second-order valence-electron chi connectivity index (χ2n) is 4.45. The predicted molar refractivity (Wildman–Crippen MR) is 80.5 cm³/mol. The lowest BCUT2D eigenvalue weighted by molar-refractivity contribution is 0.567. The smallest absolute Gasteiger partial charge is 0.246 e. The summed E-state index contributed by atoms with van der Waals surface area (Å²) in [6.45, 7) is 1.77. The van der Waals surface area contributed by atoms with E-state index in [4.69, 9.17) is 5.73 Å². The molecule has 1 heterocycles. The summed E-state index contributed by atoms with van der Waals surface area (Å²) in [5.74, 6) is -0.0126. The van der Waals surface area contributed by atoms with E-state index in [1.54, 1.807) is 14.0 Å². The number of halogens is 1. The van der Waals surface area contributed by atoms with E-state index in [-0.39, 0.29) is 16.8 Å². The van der Waals surface area contributed by atoms with Crippen LogP contribution in [-0.4, -0.2) is 18.2 Å². The number of nitrogens with two attached hydrogens (primary N) is 1. The Morgan fingerprint density at radius 3 is 2.70 bits per heavy atom. The molecule has 0 radical (unpaired) electrons. The van der Waals surface area contributed by atoms with Gasteiger partial charge in [-0.15, -0.1) is 0 Å². The normalized spacial score (nSPS) is 13.3. The van der Waals surface area contributed by atoms with Crippen LogP contribution in [0.5, 0.6) is 0 Å². The molecule has 1 unspecified atom stereocenters. The molecule has 8 heteroatoms. The maximum absolute atomic E-state index is 12.3. The van der Waals surface area contributed by atoms with E-state index < -0.39 is 10.0 Å². The van der Waals surface area contributed by atoms with Crippen molar-refractivity contribution in [3.63, 3.8) is 0 Å². The fourth-order valence-corrected chi connectivity index (χ4v) is 3.58. The van der Waals surface area contributed by atoms with Crippen molar-refractivity contribution in [3.8, 4) is 0 Å². The highest BCUT2D eigenvalue weighted by Gasteiger charge is 2.23. The van der Waals surface area contributed by atoms with Crippen LogP contribution in [-0.2, 0) is 17.1 Å². The zero-order valence-corrected chi connectivity index (χ0v) is 13.4. The van der Waals surface area contributed by atoms with Crippen LogP contribution < -0.4 is 10.5 Å². The summed E-state index contributed by atoms with van der Waals surface area (Å²) in [5.41, 5.74) is 6.46. The van der Waals surface area contributed by atoms with Crippen molar-refractivity contribution < 1.29 is 8.42 Å². The van der Waals surface area contributed by atoms with Crippen molar-refractivity contribution in [3.05, 3.63) is 40.5 Å². The number of aromatic nitrogens is 2. The Hall–Kier alpha value is -1.38. The molecule has 0 aliphatic heterocycles. The van der Waals surface area contributed by atoms with Crippen LogP contribution in [0.2, 0.25) is 0 Å². The second kappa shape index (κ2) is 5.55. The lowest BCUT2D eigenvalue weighted by Gasteiger charge is -2.14. The molecule has 0 fully saturated rings. The second-order valence-corrected chi connectivity index (χ2v) is 7.05. The quantitative estimate of drug-likeness (QED) is 0.871. The monoisotopic (exact) mass is 358 g/mol. The van der Waals surface area contributed by atoms with Gasteiger partial charge in [-0.3, -0.25) is 4.68 Å². The Labute approximate surface area is 126 Å². The summed E-state index contributed by atoms with van der Waals surface area (Å²) in [6.07, 6.45) is 1.38. The summed E-state index contributed by atoms with van der Waals surface area (Å²) in [5, 5.41) is 3.84. The summed E-state index contributed by atoms with van der Waals surface area (Å²) < 4.78 is 29.4. The first-order valence-electron chi connectivity index (χ1n) is 5.86. The van der Waals surface area contributed by atoms with Gasteiger partial charge in [-0.05, 0) is 24.6 Å². The first-order chi connectivity index (χ1) is 9.29. The van der Waals surface area contributed by atoms with Crippen molar-refractivity contribution in [1.82, 2.24) is 14.5 Å². The number of anilines is 1. The highest BCUT2D eigenvalue weighted by Crippen LogP contribution is 2.22. The van der Waals surface area contributed by atoms with Crippen molar-refractivity contribution in [2.75, 3.05) is 5.73 Å². The molecular weight excluding hydrogens is 344 g/mol. The average Bonchev–Trinajstić information content (AvgIpc) is 2.69. The minimum atomic E-state index is -3.70. The van der Waals surface area contributed by atoms with Gasteiger partial charge in [0.2, 0.25) is 10.0 Å². The number of nitrogens with one attached hydrogen (secondary N) is 1. The molecule has 1 aromatic heterocycles. The minimum Gasteiger partial charge on any atom is -0.381 e. The molecule has 0 aliphatic carbocycles. The standard InChI is InChI=1S/C12H15BrN4O2S/c1-8(9-4-3-5-10(13)6-9)16-20(18,19)11-7-17(2)15-12(11)14/h3-8,16H,1-2H3,(H2,14,15). The Morgan fingerprint density at radius 1 is 1.45 bits per heavy atom. The third-order valence-electron chi connectivity index (χ3n) is 2.79. The van der Waals surface area contributed by atoms with E-state index in [0.717, 1.165) is 10.0 Å². The molecule has 20 heavy (non-hydrogen) atoms. The van der Waals surface area contributed by atoms with E-state index in [2.05, 4.69) is 25.8 Å². The number of benzene rings is 1. The first kappa shape index (κ1) is 15.0. The molecule has 108 valence electrons. The van der Waals surface area contributed by atoms with Gasteiger partial charge in [-0.2, -0.15) is 5.10 Å².